The molecule has 0 aromatic carbocycles. The Morgan fingerprint density at radius 3 is 2.44 bits per heavy atom. The molecule has 0 aliphatic carbocycles. The number of nitrogens with zero attached hydrogens (tertiary/aromatic N) is 4. The van der Waals surface area contributed by atoms with Crippen LogP contribution in [0.4, 0.5) is 5.82 Å². The van der Waals surface area contributed by atoms with Crippen molar-refractivity contribution in [3.63, 3.8) is 0 Å². The normalized spacial score (nSPS) is 11.3. The van der Waals surface area contributed by atoms with Gasteiger partial charge in [0.1, 0.15) is 17.5 Å². The third-order valence-corrected chi connectivity index (χ3v) is 2.38. The molecule has 1 rings (SSSR count). The summed E-state index contributed by atoms with van der Waals surface area (Å²) in [5.74, 6) is 0.898. The Morgan fingerprint density at radius 1 is 1.44 bits per heavy atom. The number of nitriles is 1. The average Bonchev–Trinajstić information content (AvgIpc) is 2.37. The second-order valence-electron chi connectivity index (χ2n) is 5.44. The molecule has 4 nitrogen and oxygen atoms in total. The van der Waals surface area contributed by atoms with Gasteiger partial charge in [-0.05, 0) is 12.3 Å². The topological polar surface area (TPSA) is 44.9 Å². The Bertz CT molecular complexity index is 417. The minimum absolute atomic E-state index is 0.194. The first-order valence-corrected chi connectivity index (χ1v) is 5.41. The van der Waals surface area contributed by atoms with E-state index in [-0.39, 0.29) is 5.41 Å². The van der Waals surface area contributed by atoms with E-state index in [1.165, 1.54) is 0 Å². The molecule has 0 radical (unpaired) electrons. The third-order valence-electron chi connectivity index (χ3n) is 2.38. The smallest absolute Gasteiger partial charge is 0.144 e. The zero-order valence-corrected chi connectivity index (χ0v) is 11.0. The predicted molar refractivity (Wildman–Crippen MR) is 65.4 cm³/mol. The third kappa shape index (κ3) is 2.54. The number of aryl methyl sites for hydroxylation is 2. The lowest BCUT2D eigenvalue weighted by molar-refractivity contribution is 0.416. The molecular formula is C12H20N4. The van der Waals surface area contributed by atoms with Gasteiger partial charge in [0.05, 0.1) is 5.69 Å². The van der Waals surface area contributed by atoms with Crippen LogP contribution in [0.2, 0.25) is 0 Å². The molecule has 0 spiro atoms. The van der Waals surface area contributed by atoms with E-state index in [1.54, 1.807) is 4.68 Å². The monoisotopic (exact) mass is 220 g/mol. The van der Waals surface area contributed by atoms with Crippen LogP contribution < -0.4 is 4.90 Å². The Hall–Kier alpha value is -1.50. The van der Waals surface area contributed by atoms with Crippen LogP contribution in [0.15, 0.2) is 0 Å². The molecule has 1 aromatic rings. The Kier molecular flexibility index (Phi) is 3.27. The standard InChI is InChI=1S/C12H20N4/c1-9-10(7-13)11(16(6)14-9)15(5)8-12(2,3)4/h8H2,1-6H3. The van der Waals surface area contributed by atoms with Gasteiger partial charge in [-0.15, -0.1) is 0 Å². The summed E-state index contributed by atoms with van der Waals surface area (Å²) in [7, 11) is 3.88. The van der Waals surface area contributed by atoms with Crippen LogP contribution in [-0.4, -0.2) is 23.4 Å². The maximum Gasteiger partial charge on any atom is 0.144 e. The van der Waals surface area contributed by atoms with Crippen LogP contribution in [0.3, 0.4) is 0 Å². The summed E-state index contributed by atoms with van der Waals surface area (Å²) < 4.78 is 1.78. The lowest BCUT2D eigenvalue weighted by atomic mass is 9.96. The molecule has 0 aliphatic heterocycles. The Balaban J connectivity index is 3.09. The highest BCUT2D eigenvalue weighted by Gasteiger charge is 2.20. The molecule has 0 N–H and O–H groups in total. The van der Waals surface area contributed by atoms with Gasteiger partial charge in [0.2, 0.25) is 0 Å². The van der Waals surface area contributed by atoms with Crippen molar-refractivity contribution >= 4 is 5.82 Å². The molecule has 0 bridgehead atoms. The first-order chi connectivity index (χ1) is 7.26. The summed E-state index contributed by atoms with van der Waals surface area (Å²) in [4.78, 5) is 2.10. The second kappa shape index (κ2) is 4.17. The Morgan fingerprint density at radius 2 is 2.00 bits per heavy atom. The van der Waals surface area contributed by atoms with E-state index in [1.807, 2.05) is 21.0 Å². The lowest BCUT2D eigenvalue weighted by Gasteiger charge is -2.28. The summed E-state index contributed by atoms with van der Waals surface area (Å²) in [5.41, 5.74) is 1.66. The van der Waals surface area contributed by atoms with Gasteiger partial charge < -0.3 is 4.90 Å². The van der Waals surface area contributed by atoms with Crippen molar-refractivity contribution in [3.8, 4) is 6.07 Å². The van der Waals surface area contributed by atoms with Gasteiger partial charge in [-0.1, -0.05) is 20.8 Å². The Labute approximate surface area is 97.5 Å². The summed E-state index contributed by atoms with van der Waals surface area (Å²) >= 11 is 0. The van der Waals surface area contributed by atoms with E-state index in [9.17, 15) is 0 Å². The van der Waals surface area contributed by atoms with Crippen LogP contribution in [0.5, 0.6) is 0 Å². The highest BCUT2D eigenvalue weighted by atomic mass is 15.4. The van der Waals surface area contributed by atoms with Crippen LogP contribution in [-0.2, 0) is 7.05 Å². The average molecular weight is 220 g/mol. The number of hydrogen-bond acceptors (Lipinski definition) is 3. The zero-order chi connectivity index (χ0) is 12.5. The van der Waals surface area contributed by atoms with Crippen LogP contribution in [0.1, 0.15) is 32.0 Å². The fraction of sp³-hybridized carbons (Fsp3) is 0.667. The predicted octanol–water partition coefficient (Wildman–Crippen LogP) is 2.08. The molecule has 4 heteroatoms. The van der Waals surface area contributed by atoms with Gasteiger partial charge in [-0.3, -0.25) is 4.68 Å². The minimum atomic E-state index is 0.194. The van der Waals surface area contributed by atoms with Crippen LogP contribution in [0.25, 0.3) is 0 Å². The fourth-order valence-electron chi connectivity index (χ4n) is 2.00. The minimum Gasteiger partial charge on any atom is -0.358 e. The molecule has 0 saturated carbocycles. The molecule has 1 heterocycles. The zero-order valence-electron chi connectivity index (χ0n) is 11.0. The van der Waals surface area contributed by atoms with Crippen molar-refractivity contribution in [3.05, 3.63) is 11.3 Å². The molecule has 0 atom stereocenters. The maximum atomic E-state index is 9.13. The number of anilines is 1. The van der Waals surface area contributed by atoms with Crippen molar-refractivity contribution in [1.82, 2.24) is 9.78 Å². The first kappa shape index (κ1) is 12.6. The van der Waals surface area contributed by atoms with E-state index in [2.05, 4.69) is 36.8 Å². The summed E-state index contributed by atoms with van der Waals surface area (Å²) in [5, 5.41) is 13.4. The van der Waals surface area contributed by atoms with E-state index in [0.29, 0.717) is 5.56 Å². The van der Waals surface area contributed by atoms with Gasteiger partial charge in [-0.25, -0.2) is 0 Å². The van der Waals surface area contributed by atoms with E-state index in [4.69, 9.17) is 5.26 Å². The molecule has 1 aromatic heterocycles. The van der Waals surface area contributed by atoms with Crippen LogP contribution in [0, 0.1) is 23.7 Å². The van der Waals surface area contributed by atoms with Crippen molar-refractivity contribution in [1.29, 1.82) is 5.26 Å². The van der Waals surface area contributed by atoms with E-state index >= 15 is 0 Å². The molecular weight excluding hydrogens is 200 g/mol. The van der Waals surface area contributed by atoms with Crippen LogP contribution >= 0.6 is 0 Å². The molecule has 0 unspecified atom stereocenters. The van der Waals surface area contributed by atoms with Gasteiger partial charge in [0.15, 0.2) is 0 Å². The van der Waals surface area contributed by atoms with Gasteiger partial charge in [0.25, 0.3) is 0 Å². The maximum absolute atomic E-state index is 9.13. The summed E-state index contributed by atoms with van der Waals surface area (Å²) in [6.45, 7) is 9.30. The highest BCUT2D eigenvalue weighted by Crippen LogP contribution is 2.24. The molecule has 0 saturated heterocycles. The fourth-order valence-corrected chi connectivity index (χ4v) is 2.00. The summed E-state index contributed by atoms with van der Waals surface area (Å²) in [6, 6.07) is 2.23. The highest BCUT2D eigenvalue weighted by molar-refractivity contribution is 5.56. The van der Waals surface area contributed by atoms with E-state index < -0.39 is 0 Å². The van der Waals surface area contributed by atoms with Crippen molar-refractivity contribution in [2.75, 3.05) is 18.5 Å². The van der Waals surface area contributed by atoms with Gasteiger partial charge >= 0.3 is 0 Å². The van der Waals surface area contributed by atoms with E-state index in [0.717, 1.165) is 18.1 Å². The second-order valence-corrected chi connectivity index (χ2v) is 5.44. The van der Waals surface area contributed by atoms with Crippen molar-refractivity contribution in [2.45, 2.75) is 27.7 Å². The largest absolute Gasteiger partial charge is 0.358 e. The number of aromatic nitrogens is 2. The molecule has 0 fully saturated rings. The number of rotatable bonds is 2. The van der Waals surface area contributed by atoms with Crippen molar-refractivity contribution < 1.29 is 0 Å². The first-order valence-electron chi connectivity index (χ1n) is 5.41. The SMILES string of the molecule is Cc1nn(C)c(N(C)CC(C)(C)C)c1C#N. The summed E-state index contributed by atoms with van der Waals surface area (Å²) in [6.07, 6.45) is 0. The number of hydrogen-bond donors (Lipinski definition) is 0. The molecule has 0 amide bonds. The lowest BCUT2D eigenvalue weighted by Crippen LogP contribution is -2.31. The molecule has 0 aliphatic rings. The van der Waals surface area contributed by atoms with Gasteiger partial charge in [0, 0.05) is 20.6 Å². The quantitative estimate of drug-likeness (QED) is 0.766. The van der Waals surface area contributed by atoms with Crippen molar-refractivity contribution in [2.24, 2.45) is 12.5 Å². The molecule has 16 heavy (non-hydrogen) atoms. The molecule has 88 valence electrons. The van der Waals surface area contributed by atoms with Gasteiger partial charge in [-0.2, -0.15) is 10.4 Å².